The Bertz CT molecular complexity index is 1730. The predicted molar refractivity (Wildman–Crippen MR) is 241 cm³/mol. The molecule has 1 fully saturated rings. The lowest BCUT2D eigenvalue weighted by Gasteiger charge is -2.47. The number of hydrogen-bond donors (Lipinski definition) is 4. The molecule has 28 heteroatoms. The van der Waals surface area contributed by atoms with Crippen molar-refractivity contribution < 1.29 is 113 Å². The first-order valence-corrected chi connectivity index (χ1v) is 30.6. The lowest BCUT2D eigenvalue weighted by Crippen LogP contribution is -2.63. The van der Waals surface area contributed by atoms with E-state index in [1.54, 1.807) is 0 Å². The first kappa shape index (κ1) is 61.3. The molecule has 4 N–H and O–H groups in total. The zero-order valence-electron chi connectivity index (χ0n) is 38.4. The molecule has 68 heavy (non-hydrogen) atoms. The molecule has 0 aliphatic carbocycles. The summed E-state index contributed by atoms with van der Waals surface area (Å²) in [6, 6.07) is 1.83. The second kappa shape index (κ2) is 35.4. The molecule has 0 bridgehead atoms. The van der Waals surface area contributed by atoms with Crippen molar-refractivity contribution in [2.45, 2.75) is 75.9 Å². The summed E-state index contributed by atoms with van der Waals surface area (Å²) in [5, 5.41) is 34.8. The molecule has 1 saturated heterocycles. The third kappa shape index (κ3) is 33.7. The molecule has 1 rings (SSSR count). The van der Waals surface area contributed by atoms with Gasteiger partial charge in [0.25, 0.3) is 0 Å². The predicted octanol–water partition coefficient (Wildman–Crippen LogP) is 2.52. The van der Waals surface area contributed by atoms with E-state index in [1.165, 1.54) is 6.08 Å². The Kier molecular flexibility index (Phi) is 31.9. The highest BCUT2D eigenvalue weighted by Gasteiger charge is 2.52. The summed E-state index contributed by atoms with van der Waals surface area (Å²) < 4.78 is 70.5. The minimum Gasteiger partial charge on any atom is -0.481 e. The second-order valence-electron chi connectivity index (χ2n) is 14.7. The Morgan fingerprint density at radius 1 is 0.426 bits per heavy atom. The van der Waals surface area contributed by atoms with Crippen molar-refractivity contribution >= 4 is 82.7 Å². The van der Waals surface area contributed by atoms with Crippen molar-refractivity contribution in [1.29, 1.82) is 0 Å². The number of esters is 4. The number of hydrogen-bond acceptors (Lipinski definition) is 20. The van der Waals surface area contributed by atoms with Crippen LogP contribution in [0.25, 0.3) is 0 Å². The third-order valence-corrected chi connectivity index (χ3v) is 25.2. The summed E-state index contributed by atoms with van der Waals surface area (Å²) in [6.07, 6.45) is 8.25. The highest BCUT2D eigenvalue weighted by molar-refractivity contribution is 6.90. The van der Waals surface area contributed by atoms with Gasteiger partial charge in [-0.3, -0.25) is 4.79 Å². The average Bonchev–Trinajstić information content (AvgIpc) is 3.24. The molecule has 24 nitrogen and oxygen atoms in total. The first-order chi connectivity index (χ1) is 32.2. The normalized spacial score (nSPS) is 20.0. The topological polar surface area (TPSA) is 328 Å². The Labute approximate surface area is 398 Å². The summed E-state index contributed by atoms with van der Waals surface area (Å²) in [5.41, 5.74) is 0. The van der Waals surface area contributed by atoms with Crippen molar-refractivity contribution in [3.8, 4) is 0 Å². The molecule has 0 spiro atoms. The van der Waals surface area contributed by atoms with E-state index in [2.05, 4.69) is 0 Å². The van der Waals surface area contributed by atoms with E-state index in [4.69, 9.17) is 74.8 Å². The average molecular weight is 1040 g/mol. The van der Waals surface area contributed by atoms with Crippen LogP contribution in [0.1, 0.15) is 32.1 Å². The van der Waals surface area contributed by atoms with Gasteiger partial charge in [0.05, 0.1) is 32.8 Å². The monoisotopic (exact) mass is 1040 g/mol. The molecular weight excluding hydrogens is 977 g/mol. The highest BCUT2D eigenvalue weighted by atomic mass is 28.5. The second-order valence-corrected chi connectivity index (χ2v) is 27.5. The minimum atomic E-state index is -3.16. The number of carbonyl (C=O) groups is 8. The molecule has 1 aliphatic heterocycles. The van der Waals surface area contributed by atoms with Crippen molar-refractivity contribution in [2.75, 3.05) is 79.3 Å². The van der Waals surface area contributed by atoms with Crippen LogP contribution in [-0.2, 0) is 92.7 Å². The molecule has 3 unspecified atom stereocenters. The maximum absolute atomic E-state index is 11.8. The quantitative estimate of drug-likeness (QED) is 0.0228. The molecule has 3 atom stereocenters. The Morgan fingerprint density at radius 2 is 0.750 bits per heavy atom. The largest absolute Gasteiger partial charge is 0.481 e. The molecule has 1 heterocycles. The molecule has 0 aromatic rings. The molecular formula is C40H63O24Si4. The summed E-state index contributed by atoms with van der Waals surface area (Å²) in [7, 11) is -11.5. The standard InChI is InChI=1S/C40H63O24Si4/c1-66(30-6-18-54-22-25-57-37(49)10-4-9-33(41)42)61-65(29-5-17-53-21-26-58-38(50)14-11-34(43)44)62-67(2,31-7-19-55-23-27-59-39(51)15-12-35(45)46)64-68(3,63-66)32-8-20-56-24-28-60-40(52)16-13-36(47)48/h4,10-16H,5-9,17-32H2,1-3H3,(H,41,42)(H,43,44)(H,45,46)(H,47,48)/b10-4-,14-11-,15-12-,16-13-. The van der Waals surface area contributed by atoms with Crippen LogP contribution in [0, 0.1) is 0 Å². The van der Waals surface area contributed by atoms with Gasteiger partial charge < -0.3 is 74.8 Å². The number of rotatable bonds is 37. The Morgan fingerprint density at radius 3 is 1.09 bits per heavy atom. The smallest absolute Gasteiger partial charge is 0.365 e. The fourth-order valence-electron chi connectivity index (χ4n) is 5.77. The van der Waals surface area contributed by atoms with Gasteiger partial charge in [0.2, 0.25) is 0 Å². The number of carboxylic acids is 4. The zero-order valence-corrected chi connectivity index (χ0v) is 42.4. The fourth-order valence-corrected chi connectivity index (χ4v) is 25.2. The Balaban J connectivity index is 3.09. The van der Waals surface area contributed by atoms with Gasteiger partial charge in [0.1, 0.15) is 26.4 Å². The Hall–Kier alpha value is -4.73. The summed E-state index contributed by atoms with van der Waals surface area (Å²) >= 11 is 0. The maximum Gasteiger partial charge on any atom is 0.365 e. The highest BCUT2D eigenvalue weighted by Crippen LogP contribution is 2.35. The van der Waals surface area contributed by atoms with Gasteiger partial charge in [-0.2, -0.15) is 0 Å². The van der Waals surface area contributed by atoms with Crippen LogP contribution in [-0.4, -0.2) is 182 Å². The van der Waals surface area contributed by atoms with E-state index >= 15 is 0 Å². The molecule has 0 aromatic carbocycles. The van der Waals surface area contributed by atoms with Crippen molar-refractivity contribution in [3.05, 3.63) is 48.6 Å². The fraction of sp³-hybridized carbons (Fsp3) is 0.600. The van der Waals surface area contributed by atoms with Gasteiger partial charge in [0.15, 0.2) is 0 Å². The van der Waals surface area contributed by atoms with E-state index in [0.29, 0.717) is 68.1 Å². The summed E-state index contributed by atoms with van der Waals surface area (Å²) in [4.78, 5) is 89.4. The molecule has 0 aromatic heterocycles. The van der Waals surface area contributed by atoms with Gasteiger partial charge in [0, 0.05) is 69.0 Å². The molecule has 0 saturated carbocycles. The minimum absolute atomic E-state index is 0.0514. The molecule has 0 amide bonds. The van der Waals surface area contributed by atoms with Crippen LogP contribution < -0.4 is 0 Å². The van der Waals surface area contributed by atoms with Crippen molar-refractivity contribution in [1.82, 2.24) is 0 Å². The van der Waals surface area contributed by atoms with Crippen molar-refractivity contribution in [2.24, 2.45) is 0 Å². The molecule has 1 aliphatic rings. The lowest BCUT2D eigenvalue weighted by molar-refractivity contribution is -0.140. The van der Waals surface area contributed by atoms with Crippen LogP contribution in [0.4, 0.5) is 0 Å². The van der Waals surface area contributed by atoms with Gasteiger partial charge in [-0.1, -0.05) is 6.08 Å². The van der Waals surface area contributed by atoms with E-state index in [-0.39, 0.29) is 85.7 Å². The van der Waals surface area contributed by atoms with Gasteiger partial charge in [-0.05, 0) is 69.5 Å². The maximum atomic E-state index is 11.8. The van der Waals surface area contributed by atoms with E-state index in [0.717, 1.165) is 24.3 Å². The number of ether oxygens (including phenoxy) is 8. The SMILES string of the molecule is C[Si]1(CCCOCCOC(=O)/C=C\CC(=O)O)O[Si](CCCOCCOC(=O)/C=C\C(=O)O)O[Si](C)(CCCOCCOC(=O)/C=C\C(=O)O)O[Si](C)(CCCOCCOC(=O)/C=C\C(=O)O)O1. The number of carboxylic acid groups (broad SMARTS) is 4. The summed E-state index contributed by atoms with van der Waals surface area (Å²) in [5.74, 6) is -8.11. The third-order valence-electron chi connectivity index (χ3n) is 8.47. The number of carbonyl (C=O) groups excluding carboxylic acids is 4. The van der Waals surface area contributed by atoms with E-state index in [9.17, 15) is 38.4 Å². The van der Waals surface area contributed by atoms with Crippen LogP contribution >= 0.6 is 0 Å². The van der Waals surface area contributed by atoms with E-state index in [1.807, 2.05) is 19.6 Å². The van der Waals surface area contributed by atoms with Gasteiger partial charge in [-0.15, -0.1) is 0 Å². The van der Waals surface area contributed by atoms with Crippen LogP contribution in [0.15, 0.2) is 48.6 Å². The van der Waals surface area contributed by atoms with Gasteiger partial charge in [-0.25, -0.2) is 33.6 Å². The van der Waals surface area contributed by atoms with E-state index < -0.39 is 82.7 Å². The van der Waals surface area contributed by atoms with Crippen LogP contribution in [0.3, 0.4) is 0 Å². The number of aliphatic carboxylic acids is 4. The first-order valence-electron chi connectivity index (χ1n) is 21.5. The zero-order chi connectivity index (χ0) is 50.7. The van der Waals surface area contributed by atoms with Gasteiger partial charge >= 0.3 is 82.7 Å². The van der Waals surface area contributed by atoms with Crippen molar-refractivity contribution in [3.63, 3.8) is 0 Å². The lowest BCUT2D eigenvalue weighted by atomic mass is 10.4. The van der Waals surface area contributed by atoms with Crippen LogP contribution in [0.2, 0.25) is 43.8 Å². The summed E-state index contributed by atoms with van der Waals surface area (Å²) in [6.45, 7) is 6.72. The van der Waals surface area contributed by atoms with Crippen LogP contribution in [0.5, 0.6) is 0 Å². The molecule has 383 valence electrons. The molecule has 1 radical (unpaired) electrons.